The summed E-state index contributed by atoms with van der Waals surface area (Å²) >= 11 is 7.53. The molecule has 1 aromatic heterocycles. The molecular weight excluding hydrogens is 268 g/mol. The van der Waals surface area contributed by atoms with E-state index in [0.717, 1.165) is 4.88 Å². The SMILES string of the molecule is CN(Cc1cccs1)C(=O)c1cccc(Cl)c1N. The van der Waals surface area contributed by atoms with Crippen molar-refractivity contribution in [2.75, 3.05) is 12.8 Å². The third-order valence-corrected chi connectivity index (χ3v) is 3.79. The predicted octanol–water partition coefficient (Wildman–Crippen LogP) is 3.26. The average Bonchev–Trinajstić information content (AvgIpc) is 2.84. The van der Waals surface area contributed by atoms with Crippen LogP contribution in [-0.4, -0.2) is 17.9 Å². The second-order valence-electron chi connectivity index (χ2n) is 3.94. The van der Waals surface area contributed by atoms with Crippen LogP contribution < -0.4 is 5.73 Å². The van der Waals surface area contributed by atoms with Crippen molar-refractivity contribution in [1.82, 2.24) is 4.90 Å². The number of carbonyl (C=O) groups is 1. The lowest BCUT2D eigenvalue weighted by atomic mass is 10.1. The Hall–Kier alpha value is -1.52. The third-order valence-electron chi connectivity index (χ3n) is 2.60. The van der Waals surface area contributed by atoms with Crippen molar-refractivity contribution in [3.05, 3.63) is 51.2 Å². The van der Waals surface area contributed by atoms with E-state index in [2.05, 4.69) is 0 Å². The summed E-state index contributed by atoms with van der Waals surface area (Å²) in [5, 5.41) is 2.40. The van der Waals surface area contributed by atoms with Gasteiger partial charge in [-0.3, -0.25) is 4.79 Å². The third kappa shape index (κ3) is 2.66. The van der Waals surface area contributed by atoms with Crippen LogP contribution in [0.2, 0.25) is 5.02 Å². The average molecular weight is 281 g/mol. The van der Waals surface area contributed by atoms with Gasteiger partial charge >= 0.3 is 0 Å². The second kappa shape index (κ2) is 5.42. The summed E-state index contributed by atoms with van der Waals surface area (Å²) in [5.41, 5.74) is 6.60. The molecule has 5 heteroatoms. The molecule has 0 saturated heterocycles. The largest absolute Gasteiger partial charge is 0.397 e. The van der Waals surface area contributed by atoms with Crippen molar-refractivity contribution in [1.29, 1.82) is 0 Å². The molecule has 3 nitrogen and oxygen atoms in total. The number of para-hydroxylation sites is 1. The normalized spacial score (nSPS) is 10.3. The zero-order valence-corrected chi connectivity index (χ0v) is 11.5. The maximum absolute atomic E-state index is 12.2. The van der Waals surface area contributed by atoms with Gasteiger partial charge in [-0.25, -0.2) is 0 Å². The van der Waals surface area contributed by atoms with Crippen molar-refractivity contribution >= 4 is 34.5 Å². The maximum atomic E-state index is 12.2. The first kappa shape index (κ1) is 12.9. The quantitative estimate of drug-likeness (QED) is 0.877. The molecule has 2 aromatic rings. The van der Waals surface area contributed by atoms with E-state index in [1.807, 2.05) is 17.5 Å². The first-order valence-corrected chi connectivity index (χ1v) is 6.67. The lowest BCUT2D eigenvalue weighted by Gasteiger charge is -2.17. The van der Waals surface area contributed by atoms with Gasteiger partial charge in [-0.15, -0.1) is 11.3 Å². The number of nitrogens with two attached hydrogens (primary N) is 1. The Morgan fingerprint density at radius 3 is 2.83 bits per heavy atom. The van der Waals surface area contributed by atoms with Crippen LogP contribution in [0.4, 0.5) is 5.69 Å². The zero-order valence-electron chi connectivity index (χ0n) is 9.89. The fourth-order valence-electron chi connectivity index (χ4n) is 1.64. The highest BCUT2D eigenvalue weighted by molar-refractivity contribution is 7.09. The van der Waals surface area contributed by atoms with E-state index in [1.54, 1.807) is 41.5 Å². The van der Waals surface area contributed by atoms with E-state index in [9.17, 15) is 4.79 Å². The topological polar surface area (TPSA) is 46.3 Å². The number of rotatable bonds is 3. The Bertz CT molecular complexity index is 554. The molecular formula is C13H13ClN2OS. The first-order chi connectivity index (χ1) is 8.59. The number of thiophene rings is 1. The van der Waals surface area contributed by atoms with E-state index in [-0.39, 0.29) is 5.91 Å². The monoisotopic (exact) mass is 280 g/mol. The van der Waals surface area contributed by atoms with Crippen LogP contribution in [0.1, 0.15) is 15.2 Å². The van der Waals surface area contributed by atoms with Crippen molar-refractivity contribution < 1.29 is 4.79 Å². The number of carbonyl (C=O) groups excluding carboxylic acids is 1. The lowest BCUT2D eigenvalue weighted by molar-refractivity contribution is 0.0787. The number of nitrogens with zero attached hydrogens (tertiary/aromatic N) is 1. The number of nitrogen functional groups attached to an aromatic ring is 1. The fourth-order valence-corrected chi connectivity index (χ4v) is 2.57. The number of anilines is 1. The summed E-state index contributed by atoms with van der Waals surface area (Å²) in [6, 6.07) is 9.05. The Balaban J connectivity index is 2.18. The van der Waals surface area contributed by atoms with Gasteiger partial charge < -0.3 is 10.6 Å². The summed E-state index contributed by atoms with van der Waals surface area (Å²) in [6.45, 7) is 0.572. The summed E-state index contributed by atoms with van der Waals surface area (Å²) < 4.78 is 0. The van der Waals surface area contributed by atoms with Crippen molar-refractivity contribution in [2.24, 2.45) is 0 Å². The lowest BCUT2D eigenvalue weighted by Crippen LogP contribution is -2.26. The number of amides is 1. The fraction of sp³-hybridized carbons (Fsp3) is 0.154. The molecule has 18 heavy (non-hydrogen) atoms. The molecule has 0 saturated carbocycles. The first-order valence-electron chi connectivity index (χ1n) is 5.41. The number of halogens is 1. The Labute approximate surface area is 115 Å². The molecule has 0 aliphatic heterocycles. The van der Waals surface area contributed by atoms with E-state index < -0.39 is 0 Å². The number of benzene rings is 1. The van der Waals surface area contributed by atoms with Crippen molar-refractivity contribution in [3.63, 3.8) is 0 Å². The molecule has 2 rings (SSSR count). The van der Waals surface area contributed by atoms with Gasteiger partial charge in [-0.2, -0.15) is 0 Å². The minimum Gasteiger partial charge on any atom is -0.397 e. The number of hydrogen-bond donors (Lipinski definition) is 1. The summed E-state index contributed by atoms with van der Waals surface area (Å²) in [6.07, 6.45) is 0. The van der Waals surface area contributed by atoms with Gasteiger partial charge in [-0.05, 0) is 23.6 Å². The molecule has 2 N–H and O–H groups in total. The molecule has 0 aliphatic carbocycles. The molecule has 1 heterocycles. The summed E-state index contributed by atoms with van der Waals surface area (Å²) in [5.74, 6) is -0.122. The molecule has 0 fully saturated rings. The van der Waals surface area contributed by atoms with Crippen LogP contribution >= 0.6 is 22.9 Å². The van der Waals surface area contributed by atoms with E-state index in [1.165, 1.54) is 0 Å². The van der Waals surface area contributed by atoms with Gasteiger partial charge in [0.05, 0.1) is 22.8 Å². The Morgan fingerprint density at radius 2 is 2.17 bits per heavy atom. The minimum atomic E-state index is -0.122. The minimum absolute atomic E-state index is 0.122. The van der Waals surface area contributed by atoms with Crippen LogP contribution in [-0.2, 0) is 6.54 Å². The predicted molar refractivity (Wildman–Crippen MR) is 76.0 cm³/mol. The molecule has 0 radical (unpaired) electrons. The molecule has 94 valence electrons. The molecule has 1 amide bonds. The molecule has 0 aliphatic rings. The van der Waals surface area contributed by atoms with E-state index >= 15 is 0 Å². The van der Waals surface area contributed by atoms with Crippen molar-refractivity contribution in [2.45, 2.75) is 6.54 Å². The van der Waals surface area contributed by atoms with Crippen LogP contribution in [0.25, 0.3) is 0 Å². The summed E-state index contributed by atoms with van der Waals surface area (Å²) in [4.78, 5) is 15.0. The van der Waals surface area contributed by atoms with Gasteiger partial charge in [0.1, 0.15) is 0 Å². The smallest absolute Gasteiger partial charge is 0.256 e. The zero-order chi connectivity index (χ0) is 13.1. The van der Waals surface area contributed by atoms with E-state index in [0.29, 0.717) is 22.8 Å². The van der Waals surface area contributed by atoms with Crippen LogP contribution in [0.5, 0.6) is 0 Å². The highest BCUT2D eigenvalue weighted by Gasteiger charge is 2.16. The van der Waals surface area contributed by atoms with Gasteiger partial charge in [0.25, 0.3) is 5.91 Å². The van der Waals surface area contributed by atoms with Gasteiger partial charge in [0.15, 0.2) is 0 Å². The molecule has 0 spiro atoms. The van der Waals surface area contributed by atoms with E-state index in [4.69, 9.17) is 17.3 Å². The van der Waals surface area contributed by atoms with Gasteiger partial charge in [0.2, 0.25) is 0 Å². The molecule has 0 atom stereocenters. The standard InChI is InChI=1S/C13H13ClN2OS/c1-16(8-9-4-3-7-18-9)13(17)10-5-2-6-11(14)12(10)15/h2-7H,8,15H2,1H3. The number of hydrogen-bond acceptors (Lipinski definition) is 3. The van der Waals surface area contributed by atoms with Gasteiger partial charge in [-0.1, -0.05) is 23.7 Å². The van der Waals surface area contributed by atoms with Crippen LogP contribution in [0.15, 0.2) is 35.7 Å². The summed E-state index contributed by atoms with van der Waals surface area (Å²) in [7, 11) is 1.75. The highest BCUT2D eigenvalue weighted by Crippen LogP contribution is 2.24. The Morgan fingerprint density at radius 1 is 1.39 bits per heavy atom. The highest BCUT2D eigenvalue weighted by atomic mass is 35.5. The Kier molecular flexibility index (Phi) is 3.89. The van der Waals surface area contributed by atoms with Crippen molar-refractivity contribution in [3.8, 4) is 0 Å². The maximum Gasteiger partial charge on any atom is 0.256 e. The molecule has 0 unspecified atom stereocenters. The van der Waals surface area contributed by atoms with Crippen LogP contribution in [0, 0.1) is 0 Å². The van der Waals surface area contributed by atoms with Crippen LogP contribution in [0.3, 0.4) is 0 Å². The molecule has 0 bridgehead atoms. The second-order valence-corrected chi connectivity index (χ2v) is 5.38. The van der Waals surface area contributed by atoms with Gasteiger partial charge in [0, 0.05) is 11.9 Å². The molecule has 1 aromatic carbocycles.